The van der Waals surface area contributed by atoms with E-state index in [2.05, 4.69) is 30.5 Å². The van der Waals surface area contributed by atoms with E-state index in [1.807, 2.05) is 37.2 Å². The van der Waals surface area contributed by atoms with Gasteiger partial charge in [-0.05, 0) is 68.9 Å². The van der Waals surface area contributed by atoms with Crippen molar-refractivity contribution in [2.75, 3.05) is 32.6 Å². The summed E-state index contributed by atoms with van der Waals surface area (Å²) < 4.78 is 20.4. The quantitative estimate of drug-likeness (QED) is 0.202. The Morgan fingerprint density at radius 2 is 1.95 bits per heavy atom. The minimum atomic E-state index is -0.403. The summed E-state index contributed by atoms with van der Waals surface area (Å²) in [7, 11) is 3.91. The van der Waals surface area contributed by atoms with E-state index in [0.29, 0.717) is 69.6 Å². The number of anilines is 1. The second kappa shape index (κ2) is 11.5. The maximum Gasteiger partial charge on any atom is 0.227 e. The zero-order valence-electron chi connectivity index (χ0n) is 24.3. The average molecular weight is 592 g/mol. The van der Waals surface area contributed by atoms with Crippen molar-refractivity contribution in [3.8, 4) is 39.7 Å². The number of nitrogens with zero attached hydrogens (tertiary/aromatic N) is 6. The number of fused-ring (bicyclic) bond motifs is 2. The molecule has 0 spiro atoms. The molecule has 5 aromatic heterocycles. The monoisotopic (exact) mass is 591 g/mol. The number of amides is 1. The van der Waals surface area contributed by atoms with E-state index in [1.54, 1.807) is 30.7 Å². The molecule has 1 aliphatic rings. The fraction of sp³-hybridized carbons (Fsp3) is 0.250. The van der Waals surface area contributed by atoms with E-state index < -0.39 is 5.82 Å². The van der Waals surface area contributed by atoms with E-state index in [-0.39, 0.29) is 11.8 Å². The van der Waals surface area contributed by atoms with Crippen LogP contribution in [0.2, 0.25) is 0 Å². The number of ether oxygens (including phenoxy) is 1. The van der Waals surface area contributed by atoms with Gasteiger partial charge in [0.1, 0.15) is 29.2 Å². The Labute approximate surface area is 251 Å². The maximum atomic E-state index is 14.6. The molecule has 12 heteroatoms. The number of nitrogens with one attached hydrogen (secondary N) is 3. The predicted octanol–water partition coefficient (Wildman–Crippen LogP) is 5.44. The summed E-state index contributed by atoms with van der Waals surface area (Å²) in [4.78, 5) is 36.2. The lowest BCUT2D eigenvalue weighted by Gasteiger charge is -2.24. The number of imidazole rings is 1. The van der Waals surface area contributed by atoms with Gasteiger partial charge >= 0.3 is 0 Å². The SMILES string of the molecule is CN(C)CCOc1cc(F)cc(-c2ccnc3[nH]c(-c4n[nH]c5ccc(-c6cncc(NC(=O)C7CCC7)c6)nc45)nc23)c1. The molecule has 1 aromatic carbocycles. The highest BCUT2D eigenvalue weighted by Crippen LogP contribution is 2.33. The van der Waals surface area contributed by atoms with E-state index in [0.717, 1.165) is 30.3 Å². The number of aromatic nitrogens is 7. The van der Waals surface area contributed by atoms with Gasteiger partial charge in [0.15, 0.2) is 17.2 Å². The van der Waals surface area contributed by atoms with E-state index in [1.165, 1.54) is 12.1 Å². The number of aromatic amines is 2. The molecule has 0 saturated heterocycles. The maximum absolute atomic E-state index is 14.6. The molecule has 7 rings (SSSR count). The zero-order chi connectivity index (χ0) is 30.2. The number of carbonyl (C=O) groups excluding carboxylic acids is 1. The molecule has 1 fully saturated rings. The Kier molecular flexibility index (Phi) is 7.18. The van der Waals surface area contributed by atoms with Crippen LogP contribution >= 0.6 is 0 Å². The number of halogens is 1. The molecule has 6 aromatic rings. The molecule has 1 amide bonds. The zero-order valence-corrected chi connectivity index (χ0v) is 24.3. The highest BCUT2D eigenvalue weighted by atomic mass is 19.1. The standard InChI is InChI=1S/C32H30FN9O2/c1-42(2)10-11-44-23-14-19(12-21(33)15-23)24-8-9-35-30-27(24)38-31(39-30)29-28-26(40-41-29)7-6-25(37-28)20-13-22(17-34-16-20)36-32(43)18-4-3-5-18/h6-9,12-18H,3-5,10-11H2,1-2H3,(H,36,43)(H,40,41)(H,35,38,39). The van der Waals surface area contributed by atoms with Crippen LogP contribution in [0.4, 0.5) is 10.1 Å². The van der Waals surface area contributed by atoms with Gasteiger partial charge in [-0.2, -0.15) is 5.10 Å². The van der Waals surface area contributed by atoms with Crippen LogP contribution in [0.1, 0.15) is 19.3 Å². The van der Waals surface area contributed by atoms with Gasteiger partial charge < -0.3 is 19.9 Å². The molecule has 44 heavy (non-hydrogen) atoms. The minimum Gasteiger partial charge on any atom is -0.492 e. The Balaban J connectivity index is 1.21. The summed E-state index contributed by atoms with van der Waals surface area (Å²) in [5.41, 5.74) is 6.33. The minimum absolute atomic E-state index is 0.0277. The lowest BCUT2D eigenvalue weighted by atomic mass is 9.85. The third kappa shape index (κ3) is 5.47. The number of benzene rings is 1. The number of pyridine rings is 3. The molecule has 0 aliphatic heterocycles. The van der Waals surface area contributed by atoms with Crippen molar-refractivity contribution in [2.24, 2.45) is 5.92 Å². The molecule has 0 bridgehead atoms. The van der Waals surface area contributed by atoms with Crippen molar-refractivity contribution >= 4 is 33.8 Å². The van der Waals surface area contributed by atoms with Gasteiger partial charge in [0.2, 0.25) is 5.91 Å². The normalized spacial score (nSPS) is 13.5. The number of H-pyrrole nitrogens is 2. The van der Waals surface area contributed by atoms with Gasteiger partial charge in [0.05, 0.1) is 23.1 Å². The third-order valence-corrected chi connectivity index (χ3v) is 7.78. The number of carbonyl (C=O) groups is 1. The van der Waals surface area contributed by atoms with Gasteiger partial charge in [-0.15, -0.1) is 0 Å². The summed E-state index contributed by atoms with van der Waals surface area (Å²) in [6.45, 7) is 1.14. The fourth-order valence-electron chi connectivity index (χ4n) is 5.19. The summed E-state index contributed by atoms with van der Waals surface area (Å²) >= 11 is 0. The van der Waals surface area contributed by atoms with Gasteiger partial charge in [-0.3, -0.25) is 14.9 Å². The van der Waals surface area contributed by atoms with Gasteiger partial charge in [-0.1, -0.05) is 6.42 Å². The van der Waals surface area contributed by atoms with Gasteiger partial charge in [0, 0.05) is 42.0 Å². The van der Waals surface area contributed by atoms with Crippen LogP contribution in [-0.2, 0) is 4.79 Å². The first kappa shape index (κ1) is 27.6. The van der Waals surface area contributed by atoms with E-state index in [4.69, 9.17) is 14.7 Å². The first-order valence-corrected chi connectivity index (χ1v) is 14.5. The van der Waals surface area contributed by atoms with Crippen molar-refractivity contribution in [1.29, 1.82) is 0 Å². The Morgan fingerprint density at radius 1 is 1.07 bits per heavy atom. The van der Waals surface area contributed by atoms with Crippen LogP contribution in [0.25, 0.3) is 56.1 Å². The van der Waals surface area contributed by atoms with Crippen LogP contribution in [0, 0.1) is 11.7 Å². The molecule has 1 saturated carbocycles. The largest absolute Gasteiger partial charge is 0.492 e. The van der Waals surface area contributed by atoms with Crippen molar-refractivity contribution in [2.45, 2.75) is 19.3 Å². The van der Waals surface area contributed by atoms with Crippen LogP contribution in [0.3, 0.4) is 0 Å². The van der Waals surface area contributed by atoms with Gasteiger partial charge in [0.25, 0.3) is 0 Å². The molecule has 222 valence electrons. The molecular formula is C32H30FN9O2. The molecule has 11 nitrogen and oxygen atoms in total. The molecule has 1 aliphatic carbocycles. The summed E-state index contributed by atoms with van der Waals surface area (Å²) in [5, 5.41) is 10.5. The fourth-order valence-corrected chi connectivity index (χ4v) is 5.19. The third-order valence-electron chi connectivity index (χ3n) is 7.78. The van der Waals surface area contributed by atoms with Crippen LogP contribution in [0.15, 0.2) is 61.1 Å². The van der Waals surface area contributed by atoms with Crippen molar-refractivity contribution in [3.63, 3.8) is 0 Å². The van der Waals surface area contributed by atoms with Crippen molar-refractivity contribution in [1.82, 2.24) is 40.0 Å². The van der Waals surface area contributed by atoms with Crippen LogP contribution < -0.4 is 10.1 Å². The predicted molar refractivity (Wildman–Crippen MR) is 165 cm³/mol. The Hall–Kier alpha value is -5.23. The van der Waals surface area contributed by atoms with Crippen molar-refractivity contribution in [3.05, 3.63) is 66.9 Å². The van der Waals surface area contributed by atoms with Crippen molar-refractivity contribution < 1.29 is 13.9 Å². The van der Waals surface area contributed by atoms with E-state index >= 15 is 0 Å². The van der Waals surface area contributed by atoms with Gasteiger partial charge in [-0.25, -0.2) is 19.3 Å². The molecule has 0 unspecified atom stereocenters. The number of likely N-dealkylation sites (N-methyl/N-ethyl adjacent to an activating group) is 1. The van der Waals surface area contributed by atoms with Crippen LogP contribution in [0.5, 0.6) is 5.75 Å². The van der Waals surface area contributed by atoms with E-state index in [9.17, 15) is 9.18 Å². The Bertz CT molecular complexity index is 2000. The second-order valence-electron chi connectivity index (χ2n) is 11.2. The smallest absolute Gasteiger partial charge is 0.227 e. The number of rotatable bonds is 9. The summed E-state index contributed by atoms with van der Waals surface area (Å²) in [6.07, 6.45) is 7.94. The average Bonchev–Trinajstić information content (AvgIpc) is 3.59. The topological polar surface area (TPSA) is 138 Å². The molecule has 0 atom stereocenters. The first-order valence-electron chi connectivity index (χ1n) is 14.5. The number of hydrogen-bond donors (Lipinski definition) is 3. The first-order chi connectivity index (χ1) is 21.4. The summed E-state index contributed by atoms with van der Waals surface area (Å²) in [6, 6.07) is 12.1. The molecule has 3 N–H and O–H groups in total. The second-order valence-corrected chi connectivity index (χ2v) is 11.2. The molecular weight excluding hydrogens is 561 g/mol. The lowest BCUT2D eigenvalue weighted by molar-refractivity contribution is -0.122. The lowest BCUT2D eigenvalue weighted by Crippen LogP contribution is -2.28. The molecule has 0 radical (unpaired) electrons. The molecule has 5 heterocycles. The Morgan fingerprint density at radius 3 is 2.77 bits per heavy atom. The summed E-state index contributed by atoms with van der Waals surface area (Å²) in [5.74, 6) is 0.608. The highest BCUT2D eigenvalue weighted by molar-refractivity contribution is 5.96. The number of hydrogen-bond acceptors (Lipinski definition) is 8. The highest BCUT2D eigenvalue weighted by Gasteiger charge is 2.25. The van der Waals surface area contributed by atoms with Crippen LogP contribution in [-0.4, -0.2) is 73.2 Å².